The van der Waals surface area contributed by atoms with E-state index >= 15 is 0 Å². The van der Waals surface area contributed by atoms with E-state index in [0.29, 0.717) is 0 Å². The molecule has 0 atom stereocenters. The zero-order valence-electron chi connectivity index (χ0n) is 4.38. The number of primary amides is 1. The monoisotopic (exact) mass is 128 g/mol. The van der Waals surface area contributed by atoms with Crippen LogP contribution in [-0.2, 0) is 0 Å². The summed E-state index contributed by atoms with van der Waals surface area (Å²) in [7, 11) is 0. The van der Waals surface area contributed by atoms with Gasteiger partial charge in [0.05, 0.1) is 6.07 Å². The van der Waals surface area contributed by atoms with Gasteiger partial charge in [0.2, 0.25) is 0 Å². The standard InChI is InChI=1S/C4H4N2O3/c5-4(8)2-1-3(7)9-6-2/h1,6H,(H2,5,8). The van der Waals surface area contributed by atoms with Crippen molar-refractivity contribution in [2.45, 2.75) is 0 Å². The molecule has 1 aromatic rings. The minimum absolute atomic E-state index is 0.0139. The summed E-state index contributed by atoms with van der Waals surface area (Å²) in [5.74, 6) is -0.708. The second-order valence-corrected chi connectivity index (χ2v) is 1.45. The van der Waals surface area contributed by atoms with Crippen molar-refractivity contribution >= 4 is 5.91 Å². The van der Waals surface area contributed by atoms with E-state index < -0.39 is 11.5 Å². The maximum absolute atomic E-state index is 10.2. The summed E-state index contributed by atoms with van der Waals surface area (Å²) in [5.41, 5.74) is 4.14. The average molecular weight is 128 g/mol. The summed E-state index contributed by atoms with van der Waals surface area (Å²) in [6.07, 6.45) is 0. The third-order valence-electron chi connectivity index (χ3n) is 0.789. The fraction of sp³-hybridized carbons (Fsp3) is 0. The molecule has 0 radical (unpaired) electrons. The minimum atomic E-state index is -0.708. The molecule has 5 nitrogen and oxygen atoms in total. The molecule has 0 saturated heterocycles. The van der Waals surface area contributed by atoms with Crippen LogP contribution in [0.2, 0.25) is 0 Å². The molecular weight excluding hydrogens is 124 g/mol. The van der Waals surface area contributed by atoms with Gasteiger partial charge in [-0.3, -0.25) is 4.79 Å². The number of hydrogen-bond acceptors (Lipinski definition) is 3. The van der Waals surface area contributed by atoms with Crippen molar-refractivity contribution < 1.29 is 9.32 Å². The van der Waals surface area contributed by atoms with Crippen molar-refractivity contribution in [3.63, 3.8) is 0 Å². The first-order chi connectivity index (χ1) is 4.20. The Morgan fingerprint density at radius 3 is 2.67 bits per heavy atom. The lowest BCUT2D eigenvalue weighted by molar-refractivity contribution is 0.0991. The molecule has 0 unspecified atom stereocenters. The average Bonchev–Trinajstić information content (AvgIpc) is 2.14. The van der Waals surface area contributed by atoms with Gasteiger partial charge in [0.1, 0.15) is 5.69 Å². The number of nitrogens with one attached hydrogen (secondary N) is 1. The number of carbonyl (C=O) groups excluding carboxylic acids is 1. The molecule has 0 aliphatic heterocycles. The quantitative estimate of drug-likeness (QED) is 0.511. The molecule has 3 N–H and O–H groups in total. The van der Waals surface area contributed by atoms with E-state index in [1.807, 2.05) is 5.16 Å². The Bertz CT molecular complexity index is 271. The van der Waals surface area contributed by atoms with Gasteiger partial charge in [-0.2, -0.15) is 0 Å². The third kappa shape index (κ3) is 0.987. The minimum Gasteiger partial charge on any atom is -0.364 e. The predicted octanol–water partition coefficient (Wildman–Crippen LogP) is -0.933. The Balaban J connectivity index is 3.12. The van der Waals surface area contributed by atoms with Crippen molar-refractivity contribution in [3.8, 4) is 0 Å². The molecule has 0 bridgehead atoms. The van der Waals surface area contributed by atoms with Crippen LogP contribution in [0, 0.1) is 0 Å². The van der Waals surface area contributed by atoms with E-state index in [1.54, 1.807) is 0 Å². The van der Waals surface area contributed by atoms with Crippen molar-refractivity contribution in [1.82, 2.24) is 5.16 Å². The van der Waals surface area contributed by atoms with Crippen molar-refractivity contribution in [1.29, 1.82) is 0 Å². The highest BCUT2D eigenvalue weighted by Crippen LogP contribution is 1.83. The Labute approximate surface area is 49.4 Å². The van der Waals surface area contributed by atoms with Crippen LogP contribution in [0.15, 0.2) is 15.4 Å². The number of H-pyrrole nitrogens is 1. The molecule has 1 rings (SSSR count). The smallest absolute Gasteiger partial charge is 0.358 e. The van der Waals surface area contributed by atoms with E-state index in [-0.39, 0.29) is 5.69 Å². The van der Waals surface area contributed by atoms with Gasteiger partial charge in [0.25, 0.3) is 5.91 Å². The fourth-order valence-electron chi connectivity index (χ4n) is 0.403. The lowest BCUT2D eigenvalue weighted by Gasteiger charge is -1.79. The predicted molar refractivity (Wildman–Crippen MR) is 27.8 cm³/mol. The van der Waals surface area contributed by atoms with E-state index in [2.05, 4.69) is 4.52 Å². The van der Waals surface area contributed by atoms with Gasteiger partial charge in [-0.15, -0.1) is 0 Å². The molecule has 0 aromatic carbocycles. The summed E-state index contributed by atoms with van der Waals surface area (Å²) in [6, 6.07) is 0.988. The lowest BCUT2D eigenvalue weighted by Crippen LogP contribution is -2.11. The van der Waals surface area contributed by atoms with Gasteiger partial charge < -0.3 is 10.3 Å². The molecule has 1 heterocycles. The molecule has 5 heteroatoms. The van der Waals surface area contributed by atoms with Crippen LogP contribution in [0.25, 0.3) is 0 Å². The number of nitrogens with two attached hydrogens (primary N) is 1. The molecule has 1 amide bonds. The fourth-order valence-corrected chi connectivity index (χ4v) is 0.403. The molecule has 0 aliphatic carbocycles. The van der Waals surface area contributed by atoms with Gasteiger partial charge in [-0.05, 0) is 0 Å². The summed E-state index contributed by atoms with van der Waals surface area (Å²) >= 11 is 0. The van der Waals surface area contributed by atoms with Crippen LogP contribution in [0.1, 0.15) is 10.5 Å². The molecule has 0 spiro atoms. The van der Waals surface area contributed by atoms with Gasteiger partial charge in [-0.25, -0.2) is 9.95 Å². The highest BCUT2D eigenvalue weighted by Gasteiger charge is 2.02. The molecule has 0 saturated carbocycles. The van der Waals surface area contributed by atoms with Crippen molar-refractivity contribution in [3.05, 3.63) is 22.2 Å². The largest absolute Gasteiger partial charge is 0.364 e. The highest BCUT2D eigenvalue weighted by atomic mass is 16.5. The highest BCUT2D eigenvalue weighted by molar-refractivity contribution is 5.90. The second kappa shape index (κ2) is 1.77. The maximum atomic E-state index is 10.2. The van der Waals surface area contributed by atoms with Gasteiger partial charge in [0.15, 0.2) is 0 Å². The van der Waals surface area contributed by atoms with Crippen LogP contribution in [0.3, 0.4) is 0 Å². The van der Waals surface area contributed by atoms with Crippen molar-refractivity contribution in [2.24, 2.45) is 5.73 Å². The molecule has 1 aromatic heterocycles. The Hall–Kier alpha value is -1.52. The van der Waals surface area contributed by atoms with Crippen LogP contribution in [-0.4, -0.2) is 11.1 Å². The first-order valence-electron chi connectivity index (χ1n) is 2.18. The molecule has 0 aliphatic rings. The van der Waals surface area contributed by atoms with E-state index in [1.165, 1.54) is 0 Å². The molecule has 48 valence electrons. The third-order valence-corrected chi connectivity index (χ3v) is 0.789. The molecular formula is C4H4N2O3. The number of aromatic amines is 1. The number of carbonyl (C=O) groups is 1. The summed E-state index contributed by atoms with van der Waals surface area (Å²) in [4.78, 5) is 20.4. The van der Waals surface area contributed by atoms with E-state index in [4.69, 9.17) is 5.73 Å². The van der Waals surface area contributed by atoms with Crippen LogP contribution in [0.4, 0.5) is 0 Å². The van der Waals surface area contributed by atoms with Crippen LogP contribution < -0.4 is 11.4 Å². The first kappa shape index (κ1) is 5.61. The summed E-state index contributed by atoms with van der Waals surface area (Å²) < 4.78 is 4.14. The second-order valence-electron chi connectivity index (χ2n) is 1.45. The van der Waals surface area contributed by atoms with E-state index in [0.717, 1.165) is 6.07 Å². The Morgan fingerprint density at radius 2 is 2.44 bits per heavy atom. The number of amides is 1. The maximum Gasteiger partial charge on any atom is 0.358 e. The summed E-state index contributed by atoms with van der Waals surface area (Å²) in [5, 5.41) is 2.04. The number of aromatic nitrogens is 1. The number of rotatable bonds is 1. The normalized spacial score (nSPS) is 9.33. The van der Waals surface area contributed by atoms with Gasteiger partial charge in [0, 0.05) is 0 Å². The van der Waals surface area contributed by atoms with Gasteiger partial charge >= 0.3 is 5.63 Å². The van der Waals surface area contributed by atoms with Gasteiger partial charge in [-0.1, -0.05) is 0 Å². The topological polar surface area (TPSA) is 89.1 Å². The van der Waals surface area contributed by atoms with Crippen molar-refractivity contribution in [2.75, 3.05) is 0 Å². The first-order valence-corrected chi connectivity index (χ1v) is 2.18. The zero-order chi connectivity index (χ0) is 6.85. The van der Waals surface area contributed by atoms with E-state index in [9.17, 15) is 9.59 Å². The lowest BCUT2D eigenvalue weighted by atomic mass is 10.4. The van der Waals surface area contributed by atoms with Crippen LogP contribution >= 0.6 is 0 Å². The summed E-state index contributed by atoms with van der Waals surface area (Å²) in [6.45, 7) is 0. The number of hydrogen-bond donors (Lipinski definition) is 2. The molecule has 9 heavy (non-hydrogen) atoms. The molecule has 0 fully saturated rings. The SMILES string of the molecule is NC(=O)c1cc(=O)o[nH]1. The Kier molecular flexibility index (Phi) is 1.11. The van der Waals surface area contributed by atoms with Crippen LogP contribution in [0.5, 0.6) is 0 Å². The Morgan fingerprint density at radius 1 is 1.78 bits per heavy atom. The zero-order valence-corrected chi connectivity index (χ0v) is 4.38.